The Balaban J connectivity index is 1.73. The van der Waals surface area contributed by atoms with Gasteiger partial charge in [-0.05, 0) is 31.5 Å². The maximum Gasteiger partial charge on any atom is 0.234 e. The number of benzene rings is 2. The molecule has 1 amide bonds. The normalized spacial score (nSPS) is 10.6. The van der Waals surface area contributed by atoms with Gasteiger partial charge in [-0.2, -0.15) is 0 Å². The Hall–Kier alpha value is -3.19. The van der Waals surface area contributed by atoms with E-state index in [2.05, 4.69) is 22.1 Å². The number of carbonyl (C=O) groups excluding carboxylic acids is 2. The summed E-state index contributed by atoms with van der Waals surface area (Å²) in [4.78, 5) is 23.9. The number of aromatic nitrogens is 3. The van der Waals surface area contributed by atoms with E-state index < -0.39 is 0 Å². The number of hydrogen-bond donors (Lipinski definition) is 1. The summed E-state index contributed by atoms with van der Waals surface area (Å²) < 4.78 is 1.95. The van der Waals surface area contributed by atoms with E-state index in [0.717, 1.165) is 17.0 Å². The fourth-order valence-electron chi connectivity index (χ4n) is 2.86. The van der Waals surface area contributed by atoms with Crippen LogP contribution in [0.1, 0.15) is 22.8 Å². The molecule has 3 aromatic rings. The van der Waals surface area contributed by atoms with Gasteiger partial charge in [0.2, 0.25) is 5.91 Å². The lowest BCUT2D eigenvalue weighted by atomic mass is 10.1. The lowest BCUT2D eigenvalue weighted by Gasteiger charge is -2.10. The van der Waals surface area contributed by atoms with Crippen molar-refractivity contribution in [1.82, 2.24) is 14.8 Å². The van der Waals surface area contributed by atoms with Crippen molar-refractivity contribution in [1.29, 1.82) is 0 Å². The van der Waals surface area contributed by atoms with Gasteiger partial charge < -0.3 is 5.32 Å². The van der Waals surface area contributed by atoms with E-state index >= 15 is 0 Å². The largest absolute Gasteiger partial charge is 0.325 e. The first kappa shape index (κ1) is 20.5. The summed E-state index contributed by atoms with van der Waals surface area (Å²) in [6.45, 7) is 7.88. The first-order chi connectivity index (χ1) is 14.0. The van der Waals surface area contributed by atoms with Gasteiger partial charge in [0.1, 0.15) is 0 Å². The minimum Gasteiger partial charge on any atom is -0.325 e. The summed E-state index contributed by atoms with van der Waals surface area (Å²) in [5, 5.41) is 12.1. The van der Waals surface area contributed by atoms with Crippen LogP contribution in [0.2, 0.25) is 0 Å². The van der Waals surface area contributed by atoms with Crippen molar-refractivity contribution in [2.75, 3.05) is 11.1 Å². The first-order valence-corrected chi connectivity index (χ1v) is 10.1. The Labute approximate surface area is 174 Å². The summed E-state index contributed by atoms with van der Waals surface area (Å²) in [6, 6.07) is 14.9. The third-order valence-corrected chi connectivity index (χ3v) is 5.27. The molecule has 0 aliphatic heterocycles. The van der Waals surface area contributed by atoms with Gasteiger partial charge in [-0.3, -0.25) is 14.2 Å². The summed E-state index contributed by atoms with van der Waals surface area (Å²) in [5.41, 5.74) is 3.25. The molecule has 0 saturated carbocycles. The predicted octanol–water partition coefficient (Wildman–Crippen LogP) is 4.37. The van der Waals surface area contributed by atoms with Gasteiger partial charge in [0.05, 0.1) is 5.75 Å². The number of Topliss-reactive ketones (excluding diaryl/α,β-unsaturated/α-hetero) is 1. The molecule has 1 N–H and O–H groups in total. The van der Waals surface area contributed by atoms with Gasteiger partial charge >= 0.3 is 0 Å². The summed E-state index contributed by atoms with van der Waals surface area (Å²) >= 11 is 1.31. The van der Waals surface area contributed by atoms with Crippen molar-refractivity contribution < 1.29 is 9.59 Å². The van der Waals surface area contributed by atoms with Gasteiger partial charge in [0, 0.05) is 23.4 Å². The van der Waals surface area contributed by atoms with E-state index in [4.69, 9.17) is 0 Å². The van der Waals surface area contributed by atoms with Crippen LogP contribution in [0.15, 0.2) is 66.3 Å². The lowest BCUT2D eigenvalue weighted by molar-refractivity contribution is -0.113. The fraction of sp³-hybridized carbons (Fsp3) is 0.182. The number of ketones is 1. The van der Waals surface area contributed by atoms with Crippen LogP contribution in [0.5, 0.6) is 0 Å². The zero-order valence-corrected chi connectivity index (χ0v) is 17.2. The number of amides is 1. The van der Waals surface area contributed by atoms with Crippen molar-refractivity contribution in [2.45, 2.75) is 25.5 Å². The van der Waals surface area contributed by atoms with Crippen LogP contribution in [0.4, 0.5) is 5.69 Å². The van der Waals surface area contributed by atoms with Crippen molar-refractivity contribution >= 4 is 29.1 Å². The van der Waals surface area contributed by atoms with E-state index in [9.17, 15) is 9.59 Å². The zero-order chi connectivity index (χ0) is 20.8. The molecular formula is C22H22N4O2S. The molecule has 0 aliphatic rings. The van der Waals surface area contributed by atoms with Crippen LogP contribution < -0.4 is 5.32 Å². The minimum absolute atomic E-state index is 0.0447. The van der Waals surface area contributed by atoms with Crippen LogP contribution >= 0.6 is 11.8 Å². The highest BCUT2D eigenvalue weighted by molar-refractivity contribution is 7.99. The Morgan fingerprint density at radius 1 is 1.17 bits per heavy atom. The highest BCUT2D eigenvalue weighted by Crippen LogP contribution is 2.26. The Kier molecular flexibility index (Phi) is 6.61. The van der Waals surface area contributed by atoms with Crippen LogP contribution in [-0.4, -0.2) is 32.2 Å². The molecule has 0 fully saturated rings. The number of nitrogens with zero attached hydrogens (tertiary/aromatic N) is 3. The van der Waals surface area contributed by atoms with Crippen molar-refractivity contribution in [2.24, 2.45) is 0 Å². The fourth-order valence-corrected chi connectivity index (χ4v) is 3.60. The van der Waals surface area contributed by atoms with Crippen LogP contribution in [0, 0.1) is 6.92 Å². The van der Waals surface area contributed by atoms with E-state index in [1.807, 2.05) is 35.8 Å². The maximum atomic E-state index is 12.4. The van der Waals surface area contributed by atoms with E-state index in [1.165, 1.54) is 18.7 Å². The van der Waals surface area contributed by atoms with E-state index in [-0.39, 0.29) is 17.4 Å². The van der Waals surface area contributed by atoms with E-state index in [1.54, 1.807) is 30.3 Å². The number of hydrogen-bond acceptors (Lipinski definition) is 5. The van der Waals surface area contributed by atoms with Gasteiger partial charge in [-0.15, -0.1) is 16.8 Å². The zero-order valence-electron chi connectivity index (χ0n) is 16.4. The van der Waals surface area contributed by atoms with E-state index in [0.29, 0.717) is 23.0 Å². The Morgan fingerprint density at radius 3 is 2.69 bits per heavy atom. The average Bonchev–Trinajstić information content (AvgIpc) is 3.10. The molecule has 0 radical (unpaired) electrons. The number of thioether (sulfide) groups is 1. The number of anilines is 1. The maximum absolute atomic E-state index is 12.4. The molecule has 6 nitrogen and oxygen atoms in total. The third-order valence-electron chi connectivity index (χ3n) is 4.30. The van der Waals surface area contributed by atoms with Gasteiger partial charge in [0.25, 0.3) is 0 Å². The molecule has 7 heteroatoms. The molecule has 1 aromatic heterocycles. The minimum atomic E-state index is -0.179. The van der Waals surface area contributed by atoms with Crippen LogP contribution in [0.3, 0.4) is 0 Å². The van der Waals surface area contributed by atoms with Gasteiger partial charge in [-0.1, -0.05) is 54.2 Å². The number of carbonyl (C=O) groups is 2. The van der Waals surface area contributed by atoms with Crippen molar-refractivity contribution in [3.8, 4) is 11.4 Å². The average molecular weight is 407 g/mol. The molecule has 0 bridgehead atoms. The Morgan fingerprint density at radius 2 is 1.97 bits per heavy atom. The topological polar surface area (TPSA) is 76.9 Å². The monoisotopic (exact) mass is 406 g/mol. The second-order valence-electron chi connectivity index (χ2n) is 6.49. The van der Waals surface area contributed by atoms with Gasteiger partial charge in [-0.25, -0.2) is 0 Å². The molecule has 0 aliphatic carbocycles. The number of rotatable bonds is 8. The summed E-state index contributed by atoms with van der Waals surface area (Å²) in [5.74, 6) is 0.700. The molecule has 0 unspecified atom stereocenters. The van der Waals surface area contributed by atoms with Gasteiger partial charge in [0.15, 0.2) is 16.8 Å². The van der Waals surface area contributed by atoms with Crippen LogP contribution in [0.25, 0.3) is 11.4 Å². The first-order valence-electron chi connectivity index (χ1n) is 9.13. The molecule has 0 saturated heterocycles. The number of aryl methyl sites for hydroxylation is 1. The number of nitrogens with one attached hydrogen (secondary N) is 1. The highest BCUT2D eigenvalue weighted by Gasteiger charge is 2.16. The molecule has 29 heavy (non-hydrogen) atoms. The molecular weight excluding hydrogens is 384 g/mol. The summed E-state index contributed by atoms with van der Waals surface area (Å²) in [6.07, 6.45) is 1.78. The van der Waals surface area contributed by atoms with Crippen molar-refractivity contribution in [3.63, 3.8) is 0 Å². The summed E-state index contributed by atoms with van der Waals surface area (Å²) in [7, 11) is 0. The number of allylic oxidation sites excluding steroid dienone is 1. The second-order valence-corrected chi connectivity index (χ2v) is 7.44. The molecule has 1 heterocycles. The molecule has 148 valence electrons. The molecule has 0 spiro atoms. The Bertz CT molecular complexity index is 1060. The van der Waals surface area contributed by atoms with Crippen LogP contribution in [-0.2, 0) is 11.3 Å². The molecule has 3 rings (SSSR count). The second kappa shape index (κ2) is 9.34. The molecule has 2 aromatic carbocycles. The quantitative estimate of drug-likeness (QED) is 0.341. The highest BCUT2D eigenvalue weighted by atomic mass is 32.2. The third kappa shape index (κ3) is 5.00. The smallest absolute Gasteiger partial charge is 0.234 e. The molecule has 0 atom stereocenters. The predicted molar refractivity (Wildman–Crippen MR) is 116 cm³/mol. The lowest BCUT2D eigenvalue weighted by Crippen LogP contribution is -2.15. The SMILES string of the molecule is C=CCn1c(SCC(=O)Nc2cccc(C(C)=O)c2)nnc1-c1ccccc1C. The standard InChI is InChI=1S/C22H22N4O2S/c1-4-12-26-21(19-11-6-5-8-15(19)2)24-25-22(26)29-14-20(28)23-18-10-7-9-17(13-18)16(3)27/h4-11,13H,1,12,14H2,2-3H3,(H,23,28). The van der Waals surface area contributed by atoms with Crippen molar-refractivity contribution in [3.05, 3.63) is 72.3 Å².